The van der Waals surface area contributed by atoms with E-state index in [0.29, 0.717) is 10.8 Å². The molecule has 1 aliphatic heterocycles. The van der Waals surface area contributed by atoms with Crippen LogP contribution in [0.3, 0.4) is 0 Å². The molecule has 2 aromatic heterocycles. The Labute approximate surface area is 142 Å². The standard InChI is InChI=1S/C16H23N3O2S2/c1-13-8-12-22-16(13)23(20,21)19-10-4-3-5-14(19)6-7-15-17-9-11-18(15)2/h8-9,11-12,14H,3-7,10H2,1-2H3. The van der Waals surface area contributed by atoms with Gasteiger partial charge in [0.15, 0.2) is 0 Å². The zero-order valence-electron chi connectivity index (χ0n) is 13.6. The van der Waals surface area contributed by atoms with Gasteiger partial charge in [-0.25, -0.2) is 13.4 Å². The maximum Gasteiger partial charge on any atom is 0.253 e. The van der Waals surface area contributed by atoms with Gasteiger partial charge in [-0.1, -0.05) is 6.42 Å². The number of hydrogen-bond donors (Lipinski definition) is 0. The molecular weight excluding hydrogens is 330 g/mol. The van der Waals surface area contributed by atoms with Crippen molar-refractivity contribution in [1.29, 1.82) is 0 Å². The minimum absolute atomic E-state index is 0.0759. The minimum Gasteiger partial charge on any atom is -0.338 e. The molecule has 5 nitrogen and oxygen atoms in total. The van der Waals surface area contributed by atoms with Crippen molar-refractivity contribution < 1.29 is 8.42 Å². The average Bonchev–Trinajstić information content (AvgIpc) is 3.14. The fraction of sp³-hybridized carbons (Fsp3) is 0.562. The van der Waals surface area contributed by atoms with Gasteiger partial charge in [-0.2, -0.15) is 4.31 Å². The van der Waals surface area contributed by atoms with Gasteiger partial charge in [0.2, 0.25) is 0 Å². The largest absolute Gasteiger partial charge is 0.338 e. The van der Waals surface area contributed by atoms with Crippen LogP contribution in [-0.4, -0.2) is 34.9 Å². The highest BCUT2D eigenvalue weighted by Crippen LogP contribution is 2.31. The smallest absolute Gasteiger partial charge is 0.253 e. The van der Waals surface area contributed by atoms with E-state index in [9.17, 15) is 8.42 Å². The van der Waals surface area contributed by atoms with Crippen LogP contribution >= 0.6 is 11.3 Å². The molecule has 3 rings (SSSR count). The average molecular weight is 354 g/mol. The summed E-state index contributed by atoms with van der Waals surface area (Å²) in [5.41, 5.74) is 0.850. The van der Waals surface area contributed by atoms with E-state index in [4.69, 9.17) is 0 Å². The number of imidazole rings is 1. The van der Waals surface area contributed by atoms with Crippen molar-refractivity contribution in [3.63, 3.8) is 0 Å². The summed E-state index contributed by atoms with van der Waals surface area (Å²) >= 11 is 1.32. The number of rotatable bonds is 5. The summed E-state index contributed by atoms with van der Waals surface area (Å²) in [4.78, 5) is 4.35. The molecule has 0 aromatic carbocycles. The van der Waals surface area contributed by atoms with Crippen molar-refractivity contribution in [2.75, 3.05) is 6.54 Å². The van der Waals surface area contributed by atoms with Crippen molar-refractivity contribution in [2.24, 2.45) is 7.05 Å². The third kappa shape index (κ3) is 3.36. The lowest BCUT2D eigenvalue weighted by molar-refractivity contribution is 0.240. The summed E-state index contributed by atoms with van der Waals surface area (Å²) < 4.78 is 30.3. The van der Waals surface area contributed by atoms with Gasteiger partial charge in [0, 0.05) is 38.4 Å². The lowest BCUT2D eigenvalue weighted by atomic mass is 10.0. The number of sulfonamides is 1. The van der Waals surface area contributed by atoms with E-state index in [-0.39, 0.29) is 6.04 Å². The zero-order chi connectivity index (χ0) is 16.4. The second-order valence-electron chi connectivity index (χ2n) is 6.15. The van der Waals surface area contributed by atoms with Crippen LogP contribution in [0.1, 0.15) is 37.1 Å². The first-order valence-electron chi connectivity index (χ1n) is 8.02. The third-order valence-corrected chi connectivity index (χ3v) is 8.17. The van der Waals surface area contributed by atoms with Crippen molar-refractivity contribution >= 4 is 21.4 Å². The molecule has 1 atom stereocenters. The van der Waals surface area contributed by atoms with Crippen LogP contribution < -0.4 is 0 Å². The highest BCUT2D eigenvalue weighted by molar-refractivity contribution is 7.91. The molecule has 0 saturated carbocycles. The highest BCUT2D eigenvalue weighted by atomic mass is 32.2. The Balaban J connectivity index is 1.79. The molecule has 1 fully saturated rings. The zero-order valence-corrected chi connectivity index (χ0v) is 15.2. The van der Waals surface area contributed by atoms with Crippen molar-refractivity contribution in [3.8, 4) is 0 Å². The van der Waals surface area contributed by atoms with E-state index >= 15 is 0 Å². The SMILES string of the molecule is Cc1ccsc1S(=O)(=O)N1CCCCC1CCc1nccn1C. The lowest BCUT2D eigenvalue weighted by Crippen LogP contribution is -2.43. The number of aryl methyl sites for hydroxylation is 3. The van der Waals surface area contributed by atoms with Gasteiger partial charge in [0.25, 0.3) is 10.0 Å². The first kappa shape index (κ1) is 16.7. The minimum atomic E-state index is -3.38. The maximum absolute atomic E-state index is 13.0. The summed E-state index contributed by atoms with van der Waals surface area (Å²) in [6.07, 6.45) is 8.34. The van der Waals surface area contributed by atoms with Crippen LogP contribution in [0.2, 0.25) is 0 Å². The number of nitrogens with zero attached hydrogens (tertiary/aromatic N) is 3. The molecule has 23 heavy (non-hydrogen) atoms. The fourth-order valence-corrected chi connectivity index (χ4v) is 6.49. The Morgan fingerprint density at radius 2 is 2.22 bits per heavy atom. The second kappa shape index (κ2) is 6.75. The second-order valence-corrected chi connectivity index (χ2v) is 9.15. The van der Waals surface area contributed by atoms with Gasteiger partial charge in [-0.15, -0.1) is 11.3 Å². The fourth-order valence-electron chi connectivity index (χ4n) is 3.24. The molecule has 1 aliphatic rings. The molecule has 2 aromatic rings. The molecule has 1 saturated heterocycles. The maximum atomic E-state index is 13.0. The molecule has 0 N–H and O–H groups in total. The topological polar surface area (TPSA) is 55.2 Å². The molecule has 0 bridgehead atoms. The van der Waals surface area contributed by atoms with Crippen LogP contribution in [0.5, 0.6) is 0 Å². The molecule has 7 heteroatoms. The molecule has 126 valence electrons. The Bertz CT molecular complexity index is 764. The number of hydrogen-bond acceptors (Lipinski definition) is 4. The van der Waals surface area contributed by atoms with Crippen LogP contribution in [0.15, 0.2) is 28.0 Å². The van der Waals surface area contributed by atoms with Crippen LogP contribution in [0.25, 0.3) is 0 Å². The van der Waals surface area contributed by atoms with E-state index in [1.165, 1.54) is 11.3 Å². The summed E-state index contributed by atoms with van der Waals surface area (Å²) in [7, 11) is -1.40. The van der Waals surface area contributed by atoms with E-state index in [1.54, 1.807) is 10.5 Å². The van der Waals surface area contributed by atoms with Gasteiger partial charge in [-0.3, -0.25) is 0 Å². The monoisotopic (exact) mass is 353 g/mol. The molecule has 0 spiro atoms. The Hall–Kier alpha value is -1.18. The van der Waals surface area contributed by atoms with E-state index in [1.807, 2.05) is 36.2 Å². The molecule has 0 amide bonds. The van der Waals surface area contributed by atoms with Gasteiger partial charge in [0.05, 0.1) is 0 Å². The Kier molecular flexibility index (Phi) is 4.89. The third-order valence-electron chi connectivity index (χ3n) is 4.55. The first-order valence-corrected chi connectivity index (χ1v) is 10.3. The van der Waals surface area contributed by atoms with Gasteiger partial charge >= 0.3 is 0 Å². The molecule has 0 radical (unpaired) electrons. The van der Waals surface area contributed by atoms with Gasteiger partial charge < -0.3 is 4.57 Å². The predicted molar refractivity (Wildman–Crippen MR) is 92.1 cm³/mol. The molecule has 0 aliphatic carbocycles. The van der Waals surface area contributed by atoms with Gasteiger partial charge in [-0.05, 0) is 43.2 Å². The van der Waals surface area contributed by atoms with Crippen molar-refractivity contribution in [3.05, 3.63) is 35.2 Å². The van der Waals surface area contributed by atoms with Crippen molar-refractivity contribution in [2.45, 2.75) is 49.3 Å². The number of aromatic nitrogens is 2. The summed E-state index contributed by atoms with van der Waals surface area (Å²) in [6.45, 7) is 2.50. The molecular formula is C16H23N3O2S2. The normalized spacial score (nSPS) is 20.0. The summed E-state index contributed by atoms with van der Waals surface area (Å²) in [5, 5.41) is 1.86. The molecule has 1 unspecified atom stereocenters. The van der Waals surface area contributed by atoms with Crippen LogP contribution in [0.4, 0.5) is 0 Å². The number of piperidine rings is 1. The van der Waals surface area contributed by atoms with E-state index < -0.39 is 10.0 Å². The Morgan fingerprint density at radius 3 is 2.87 bits per heavy atom. The van der Waals surface area contributed by atoms with Gasteiger partial charge in [0.1, 0.15) is 10.0 Å². The number of thiophene rings is 1. The molecule has 3 heterocycles. The van der Waals surface area contributed by atoms with Crippen LogP contribution in [-0.2, 0) is 23.5 Å². The predicted octanol–water partition coefficient (Wildman–Crippen LogP) is 2.97. The van der Waals surface area contributed by atoms with Crippen molar-refractivity contribution in [1.82, 2.24) is 13.9 Å². The van der Waals surface area contributed by atoms with E-state index in [2.05, 4.69) is 4.98 Å². The highest BCUT2D eigenvalue weighted by Gasteiger charge is 2.34. The Morgan fingerprint density at radius 1 is 1.39 bits per heavy atom. The van der Waals surface area contributed by atoms with E-state index in [0.717, 1.165) is 43.5 Å². The lowest BCUT2D eigenvalue weighted by Gasteiger charge is -2.34. The van der Waals surface area contributed by atoms with Crippen LogP contribution in [0, 0.1) is 6.92 Å². The summed E-state index contributed by atoms with van der Waals surface area (Å²) in [6, 6.07) is 1.96. The quantitative estimate of drug-likeness (QED) is 0.830. The first-order chi connectivity index (χ1) is 11.0. The summed E-state index contributed by atoms with van der Waals surface area (Å²) in [5.74, 6) is 1.01.